The molecule has 0 aromatic heterocycles. The van der Waals surface area contributed by atoms with Crippen LogP contribution in [0.15, 0.2) is 0 Å². The van der Waals surface area contributed by atoms with E-state index in [1.54, 1.807) is 13.8 Å². The number of halogens is 10. The van der Waals surface area contributed by atoms with Crippen LogP contribution in [0.3, 0.4) is 0 Å². The molecule has 0 saturated heterocycles. The van der Waals surface area contributed by atoms with Crippen molar-refractivity contribution >= 4 is 0 Å². The summed E-state index contributed by atoms with van der Waals surface area (Å²) < 4.78 is 144. The minimum Gasteiger partial charge on any atom is -0.396 e. The molecule has 0 saturated carbocycles. The molecule has 0 bridgehead atoms. The Morgan fingerprint density at radius 2 is 0.838 bits per heavy atom. The zero-order chi connectivity index (χ0) is 29.0. The van der Waals surface area contributed by atoms with E-state index >= 15 is 0 Å². The second-order valence-electron chi connectivity index (χ2n) is 9.35. The smallest absolute Gasteiger partial charge is 0.396 e. The van der Waals surface area contributed by atoms with Gasteiger partial charge >= 0.3 is 24.2 Å². The number of aliphatic hydroxyl groups excluding tert-OH is 2. The van der Waals surface area contributed by atoms with Crippen molar-refractivity contribution in [3.05, 3.63) is 0 Å². The van der Waals surface area contributed by atoms with E-state index in [1.165, 1.54) is 0 Å². The molecule has 224 valence electrons. The lowest BCUT2D eigenvalue weighted by molar-refractivity contribution is -0.287. The first-order valence-electron chi connectivity index (χ1n) is 11.2. The van der Waals surface area contributed by atoms with Crippen LogP contribution in [0.25, 0.3) is 0 Å². The van der Waals surface area contributed by atoms with Gasteiger partial charge in [-0.15, -0.1) is 0 Å². The van der Waals surface area contributed by atoms with Crippen molar-refractivity contribution in [1.82, 2.24) is 0 Å². The molecule has 0 fully saturated rings. The second-order valence-corrected chi connectivity index (χ2v) is 9.35. The van der Waals surface area contributed by atoms with Crippen LogP contribution in [-0.2, 0) is 18.9 Å². The first-order valence-corrected chi connectivity index (χ1v) is 11.2. The van der Waals surface area contributed by atoms with Crippen LogP contribution < -0.4 is 0 Å². The summed E-state index contributed by atoms with van der Waals surface area (Å²) in [6.45, 7) is 0.0933. The molecule has 37 heavy (non-hydrogen) atoms. The number of ether oxygens (including phenoxy) is 4. The molecule has 16 heteroatoms. The van der Waals surface area contributed by atoms with E-state index in [1.807, 2.05) is 0 Å². The molecular weight excluding hydrogens is 538 g/mol. The highest BCUT2D eigenvalue weighted by atomic mass is 19.4. The molecular formula is C21H34F10O6. The van der Waals surface area contributed by atoms with Crippen molar-refractivity contribution in [3.8, 4) is 0 Å². The molecule has 6 nitrogen and oxygen atoms in total. The van der Waals surface area contributed by atoms with Crippen LogP contribution in [0.2, 0.25) is 0 Å². The summed E-state index contributed by atoms with van der Waals surface area (Å²) in [6.07, 6.45) is -14.5. The number of hydrogen-bond donors (Lipinski definition) is 2. The molecule has 0 radical (unpaired) electrons. The van der Waals surface area contributed by atoms with Gasteiger partial charge in [0.25, 0.3) is 0 Å². The fourth-order valence-electron chi connectivity index (χ4n) is 2.54. The van der Waals surface area contributed by atoms with Crippen molar-refractivity contribution < 1.29 is 73.1 Å². The van der Waals surface area contributed by atoms with Gasteiger partial charge in [-0.25, -0.2) is 0 Å². The van der Waals surface area contributed by atoms with Gasteiger partial charge in [-0.2, -0.15) is 43.9 Å². The lowest BCUT2D eigenvalue weighted by atomic mass is 9.96. The normalized spacial score (nSPS) is 15.7. The van der Waals surface area contributed by atoms with E-state index < -0.39 is 80.7 Å². The van der Waals surface area contributed by atoms with Crippen molar-refractivity contribution in [2.75, 3.05) is 66.1 Å². The third kappa shape index (κ3) is 14.7. The molecule has 0 aromatic carbocycles. The van der Waals surface area contributed by atoms with Crippen LogP contribution in [-0.4, -0.2) is 100 Å². The fourth-order valence-corrected chi connectivity index (χ4v) is 2.54. The summed E-state index contributed by atoms with van der Waals surface area (Å²) in [6, 6.07) is 0. The summed E-state index contributed by atoms with van der Waals surface area (Å²) >= 11 is 0. The van der Waals surface area contributed by atoms with E-state index in [0.29, 0.717) is 0 Å². The molecule has 2 atom stereocenters. The predicted molar refractivity (Wildman–Crippen MR) is 109 cm³/mol. The summed E-state index contributed by atoms with van der Waals surface area (Å²) in [5.41, 5.74) is -0.620. The maximum atomic E-state index is 12.8. The van der Waals surface area contributed by atoms with Crippen LogP contribution in [0.5, 0.6) is 0 Å². The van der Waals surface area contributed by atoms with Crippen molar-refractivity contribution in [2.45, 2.75) is 50.9 Å². The van der Waals surface area contributed by atoms with Gasteiger partial charge in [0.1, 0.15) is 0 Å². The molecule has 0 aliphatic rings. The second kappa shape index (κ2) is 15.6. The van der Waals surface area contributed by atoms with E-state index in [2.05, 4.69) is 0 Å². The number of aliphatic hydroxyl groups is 2. The van der Waals surface area contributed by atoms with Gasteiger partial charge in [-0.05, 0) is 0 Å². The number of alkyl halides is 10. The Morgan fingerprint density at radius 1 is 0.541 bits per heavy atom. The van der Waals surface area contributed by atoms with Crippen molar-refractivity contribution in [2.24, 2.45) is 17.3 Å². The van der Waals surface area contributed by atoms with Gasteiger partial charge in [0.05, 0.1) is 66.1 Å². The third-order valence-corrected chi connectivity index (χ3v) is 4.87. The van der Waals surface area contributed by atoms with Crippen LogP contribution in [0, 0.1) is 17.3 Å². The van der Waals surface area contributed by atoms with Crippen molar-refractivity contribution in [1.29, 1.82) is 0 Å². The van der Waals surface area contributed by atoms with Crippen LogP contribution >= 0.6 is 0 Å². The standard InChI is InChI=1S/C21H34F10O6/c1-17(2,13-36-11-15(7-32)9-34-5-3-18(22,23)20(26,27)28)14-37-12-16(8-33)10-35-6-4-19(24,25)21(29,30)31/h15-16,32-33H,3-14H2,1-2H3. The molecule has 0 spiro atoms. The third-order valence-electron chi connectivity index (χ3n) is 4.87. The first-order chi connectivity index (χ1) is 16.8. The highest BCUT2D eigenvalue weighted by Gasteiger charge is 2.57. The van der Waals surface area contributed by atoms with E-state index in [9.17, 15) is 54.1 Å². The van der Waals surface area contributed by atoms with Crippen LogP contribution in [0.4, 0.5) is 43.9 Å². The molecule has 0 heterocycles. The molecule has 2 unspecified atom stereocenters. The Bertz CT molecular complexity index is 564. The van der Waals surface area contributed by atoms with Gasteiger partial charge in [0.2, 0.25) is 0 Å². The minimum atomic E-state index is -5.68. The maximum absolute atomic E-state index is 12.8. The Morgan fingerprint density at radius 3 is 1.11 bits per heavy atom. The average molecular weight is 572 g/mol. The van der Waals surface area contributed by atoms with E-state index in [-0.39, 0.29) is 39.6 Å². The summed E-state index contributed by atoms with van der Waals surface area (Å²) in [7, 11) is 0. The lowest BCUT2D eigenvalue weighted by Crippen LogP contribution is -2.37. The summed E-state index contributed by atoms with van der Waals surface area (Å²) in [5.74, 6) is -11.1. The highest BCUT2D eigenvalue weighted by molar-refractivity contribution is 4.76. The maximum Gasteiger partial charge on any atom is 0.453 e. The zero-order valence-corrected chi connectivity index (χ0v) is 20.4. The van der Waals surface area contributed by atoms with Gasteiger partial charge in [-0.3, -0.25) is 0 Å². The van der Waals surface area contributed by atoms with E-state index in [0.717, 1.165) is 0 Å². The fraction of sp³-hybridized carbons (Fsp3) is 1.00. The Labute approximate surface area is 208 Å². The van der Waals surface area contributed by atoms with Crippen LogP contribution in [0.1, 0.15) is 26.7 Å². The molecule has 0 rings (SSSR count). The SMILES string of the molecule is CC(C)(COCC(CO)COCCC(F)(F)C(F)(F)F)COCC(CO)COCCC(F)(F)C(F)(F)F. The molecule has 0 aromatic rings. The Hall–Kier alpha value is -0.940. The van der Waals surface area contributed by atoms with Gasteiger partial charge in [0.15, 0.2) is 0 Å². The van der Waals surface area contributed by atoms with Gasteiger partial charge in [0, 0.05) is 30.1 Å². The van der Waals surface area contributed by atoms with Gasteiger partial charge in [-0.1, -0.05) is 13.8 Å². The summed E-state index contributed by atoms with van der Waals surface area (Å²) in [4.78, 5) is 0. The number of rotatable bonds is 20. The molecule has 0 amide bonds. The average Bonchev–Trinajstić information content (AvgIpc) is 2.75. The van der Waals surface area contributed by atoms with Crippen molar-refractivity contribution in [3.63, 3.8) is 0 Å². The van der Waals surface area contributed by atoms with Gasteiger partial charge < -0.3 is 29.2 Å². The quantitative estimate of drug-likeness (QED) is 0.166. The molecule has 2 N–H and O–H groups in total. The first kappa shape index (κ1) is 36.1. The highest BCUT2D eigenvalue weighted by Crippen LogP contribution is 2.38. The molecule has 0 aliphatic heterocycles. The Balaban J connectivity index is 4.21. The summed E-state index contributed by atoms with van der Waals surface area (Å²) in [5, 5.41) is 18.6. The molecule has 0 aliphatic carbocycles. The monoisotopic (exact) mass is 572 g/mol. The number of hydrogen-bond acceptors (Lipinski definition) is 6. The zero-order valence-electron chi connectivity index (χ0n) is 20.4. The lowest BCUT2D eigenvalue weighted by Gasteiger charge is -2.26. The predicted octanol–water partition coefficient (Wildman–Crippen LogP) is 4.47. The Kier molecular flexibility index (Phi) is 15.2. The largest absolute Gasteiger partial charge is 0.453 e. The van der Waals surface area contributed by atoms with E-state index in [4.69, 9.17) is 18.9 Å². The minimum absolute atomic E-state index is 0.0719. The topological polar surface area (TPSA) is 77.4 Å².